The number of rotatable bonds is 3. The van der Waals surface area contributed by atoms with E-state index in [4.69, 9.17) is 9.15 Å². The third-order valence-electron chi connectivity index (χ3n) is 4.07. The Labute approximate surface area is 138 Å². The van der Waals surface area contributed by atoms with E-state index >= 15 is 0 Å². The van der Waals surface area contributed by atoms with Gasteiger partial charge in [-0.25, -0.2) is 4.79 Å². The monoisotopic (exact) mass is 321 g/mol. The second-order valence-electron chi connectivity index (χ2n) is 7.36. The topological polar surface area (TPSA) is 59.8 Å². The van der Waals surface area contributed by atoms with Gasteiger partial charge in [0, 0.05) is 18.5 Å². The van der Waals surface area contributed by atoms with Crippen molar-refractivity contribution >= 4 is 11.9 Å². The first kappa shape index (κ1) is 17.6. The van der Waals surface area contributed by atoms with Gasteiger partial charge in [0.1, 0.15) is 11.4 Å². The summed E-state index contributed by atoms with van der Waals surface area (Å²) in [6.45, 7) is 9.38. The Morgan fingerprint density at radius 2 is 2.00 bits per heavy atom. The highest BCUT2D eigenvalue weighted by Crippen LogP contribution is 2.28. The van der Waals surface area contributed by atoms with E-state index in [-0.39, 0.29) is 30.4 Å². The predicted molar refractivity (Wildman–Crippen MR) is 87.6 cm³/mol. The lowest BCUT2D eigenvalue weighted by Crippen LogP contribution is -2.51. The first-order valence-electron chi connectivity index (χ1n) is 8.28. The van der Waals surface area contributed by atoms with Crippen LogP contribution in [0.5, 0.6) is 0 Å². The molecular formula is C18H27NO4. The molecule has 0 saturated carbocycles. The van der Waals surface area contributed by atoms with E-state index in [2.05, 4.69) is 0 Å². The molecule has 1 fully saturated rings. The van der Waals surface area contributed by atoms with Crippen LogP contribution < -0.4 is 0 Å². The smallest absolute Gasteiger partial charge is 0.410 e. The number of carbonyl (C=O) groups excluding carboxylic acids is 2. The number of aryl methyl sites for hydroxylation is 1. The molecule has 23 heavy (non-hydrogen) atoms. The molecule has 1 aliphatic heterocycles. The summed E-state index contributed by atoms with van der Waals surface area (Å²) in [5.74, 6) is 1.02. The van der Waals surface area contributed by atoms with Crippen LogP contribution in [0.25, 0.3) is 0 Å². The van der Waals surface area contributed by atoms with Crippen molar-refractivity contribution in [3.63, 3.8) is 0 Å². The molecular weight excluding hydrogens is 294 g/mol. The lowest BCUT2D eigenvalue weighted by molar-refractivity contribution is -0.00318. The van der Waals surface area contributed by atoms with Crippen LogP contribution in [0.2, 0.25) is 0 Å². The summed E-state index contributed by atoms with van der Waals surface area (Å²) < 4.78 is 10.9. The number of likely N-dealkylation sites (tertiary alicyclic amines) is 1. The maximum atomic E-state index is 12.5. The molecule has 2 unspecified atom stereocenters. The summed E-state index contributed by atoms with van der Waals surface area (Å²) in [5, 5.41) is 0. The molecule has 2 heterocycles. The van der Waals surface area contributed by atoms with Crippen LogP contribution >= 0.6 is 0 Å². The molecule has 1 aromatic heterocycles. The van der Waals surface area contributed by atoms with Gasteiger partial charge in [-0.05, 0) is 66.0 Å². The highest BCUT2D eigenvalue weighted by molar-refractivity contribution is 5.94. The van der Waals surface area contributed by atoms with Gasteiger partial charge in [0.15, 0.2) is 11.5 Å². The number of ketones is 1. The number of hydrogen-bond acceptors (Lipinski definition) is 4. The van der Waals surface area contributed by atoms with Crippen LogP contribution in [0.4, 0.5) is 4.79 Å². The van der Waals surface area contributed by atoms with Gasteiger partial charge in [0.05, 0.1) is 0 Å². The average Bonchev–Trinajstić information content (AvgIpc) is 2.83. The Morgan fingerprint density at radius 3 is 2.57 bits per heavy atom. The van der Waals surface area contributed by atoms with Gasteiger partial charge in [-0.1, -0.05) is 0 Å². The molecule has 0 radical (unpaired) electrons. The van der Waals surface area contributed by atoms with Crippen molar-refractivity contribution in [2.24, 2.45) is 0 Å². The molecule has 1 amide bonds. The largest absolute Gasteiger partial charge is 0.458 e. The number of carbonyl (C=O) groups is 2. The molecule has 1 aromatic rings. The van der Waals surface area contributed by atoms with Gasteiger partial charge in [0.2, 0.25) is 0 Å². The van der Waals surface area contributed by atoms with E-state index < -0.39 is 5.60 Å². The Bertz CT molecular complexity index is 570. The number of furan rings is 1. The first-order valence-corrected chi connectivity index (χ1v) is 8.28. The normalized spacial score (nSPS) is 22.0. The van der Waals surface area contributed by atoms with Crippen molar-refractivity contribution < 1.29 is 18.7 Å². The fraction of sp³-hybridized carbons (Fsp3) is 0.667. The molecule has 2 rings (SSSR count). The average molecular weight is 321 g/mol. The summed E-state index contributed by atoms with van der Waals surface area (Å²) in [5.41, 5.74) is -0.541. The number of hydrogen-bond donors (Lipinski definition) is 0. The summed E-state index contributed by atoms with van der Waals surface area (Å²) >= 11 is 0. The van der Waals surface area contributed by atoms with E-state index in [0.29, 0.717) is 5.76 Å². The lowest BCUT2D eigenvalue weighted by atomic mass is 9.93. The van der Waals surface area contributed by atoms with Gasteiger partial charge in [-0.2, -0.15) is 0 Å². The van der Waals surface area contributed by atoms with Crippen LogP contribution in [0.1, 0.15) is 69.7 Å². The minimum Gasteiger partial charge on any atom is -0.458 e. The highest BCUT2D eigenvalue weighted by atomic mass is 16.6. The van der Waals surface area contributed by atoms with E-state index in [1.807, 2.05) is 34.6 Å². The molecule has 1 aliphatic rings. The molecule has 0 spiro atoms. The number of Topliss-reactive ketones (excluding diaryl/α,β-unsaturated/α-hetero) is 1. The van der Waals surface area contributed by atoms with Crippen LogP contribution in [0.3, 0.4) is 0 Å². The number of piperidine rings is 1. The summed E-state index contributed by atoms with van der Waals surface area (Å²) in [6, 6.07) is 3.42. The molecule has 0 N–H and O–H groups in total. The quantitative estimate of drug-likeness (QED) is 0.777. The summed E-state index contributed by atoms with van der Waals surface area (Å²) in [7, 11) is 0. The van der Waals surface area contributed by atoms with Crippen molar-refractivity contribution in [1.82, 2.24) is 4.90 Å². The Morgan fingerprint density at radius 1 is 1.30 bits per heavy atom. The maximum absolute atomic E-state index is 12.5. The van der Waals surface area contributed by atoms with Crippen LogP contribution in [0, 0.1) is 6.92 Å². The lowest BCUT2D eigenvalue weighted by Gasteiger charge is -2.40. The van der Waals surface area contributed by atoms with Gasteiger partial charge in [-0.15, -0.1) is 0 Å². The molecule has 2 atom stereocenters. The minimum absolute atomic E-state index is 0.0641. The highest BCUT2D eigenvalue weighted by Gasteiger charge is 2.36. The van der Waals surface area contributed by atoms with Crippen LogP contribution in [-0.4, -0.2) is 34.5 Å². The standard InChI is InChI=1S/C18H27NO4/c1-12-7-6-8-14(19(12)17(21)23-18(3,4)5)11-15(20)16-10-9-13(2)22-16/h9-10,12,14H,6-8,11H2,1-5H3. The van der Waals surface area contributed by atoms with Crippen molar-refractivity contribution in [3.05, 3.63) is 23.7 Å². The van der Waals surface area contributed by atoms with Crippen LogP contribution in [-0.2, 0) is 4.74 Å². The number of nitrogens with zero attached hydrogens (tertiary/aromatic N) is 1. The van der Waals surface area contributed by atoms with Crippen LogP contribution in [0.15, 0.2) is 16.5 Å². The molecule has 1 saturated heterocycles. The molecule has 5 nitrogen and oxygen atoms in total. The van der Waals surface area contributed by atoms with Crippen molar-refractivity contribution in [1.29, 1.82) is 0 Å². The first-order chi connectivity index (χ1) is 10.7. The van der Waals surface area contributed by atoms with Crippen molar-refractivity contribution in [2.75, 3.05) is 0 Å². The molecule has 5 heteroatoms. The minimum atomic E-state index is -0.541. The second kappa shape index (κ2) is 6.77. The van der Waals surface area contributed by atoms with Gasteiger partial charge >= 0.3 is 6.09 Å². The molecule has 0 aliphatic carbocycles. The number of amides is 1. The maximum Gasteiger partial charge on any atom is 0.410 e. The van der Waals surface area contributed by atoms with Gasteiger partial charge < -0.3 is 14.1 Å². The fourth-order valence-electron chi connectivity index (χ4n) is 3.03. The predicted octanol–water partition coefficient (Wildman–Crippen LogP) is 4.34. The molecule has 0 bridgehead atoms. The molecule has 0 aromatic carbocycles. The molecule has 128 valence electrons. The third-order valence-corrected chi connectivity index (χ3v) is 4.07. The zero-order valence-corrected chi connectivity index (χ0v) is 14.7. The second-order valence-corrected chi connectivity index (χ2v) is 7.36. The van der Waals surface area contributed by atoms with E-state index in [9.17, 15) is 9.59 Å². The fourth-order valence-corrected chi connectivity index (χ4v) is 3.03. The third kappa shape index (κ3) is 4.60. The Kier molecular flexibility index (Phi) is 5.17. The zero-order chi connectivity index (χ0) is 17.2. The van der Waals surface area contributed by atoms with Gasteiger partial charge in [0.25, 0.3) is 0 Å². The SMILES string of the molecule is Cc1ccc(C(=O)CC2CCCC(C)N2C(=O)OC(C)(C)C)o1. The Hall–Kier alpha value is -1.78. The van der Waals surface area contributed by atoms with Gasteiger partial charge in [-0.3, -0.25) is 4.79 Å². The summed E-state index contributed by atoms with van der Waals surface area (Å²) in [6.07, 6.45) is 2.70. The van der Waals surface area contributed by atoms with E-state index in [1.54, 1.807) is 17.0 Å². The van der Waals surface area contributed by atoms with Crippen molar-refractivity contribution in [2.45, 2.75) is 78.0 Å². The summed E-state index contributed by atoms with van der Waals surface area (Å²) in [4.78, 5) is 26.7. The number of ether oxygens (including phenoxy) is 1. The van der Waals surface area contributed by atoms with E-state index in [1.165, 1.54) is 0 Å². The van der Waals surface area contributed by atoms with Crippen molar-refractivity contribution in [3.8, 4) is 0 Å². The van der Waals surface area contributed by atoms with E-state index in [0.717, 1.165) is 25.0 Å². The zero-order valence-electron chi connectivity index (χ0n) is 14.7. The Balaban J connectivity index is 2.10.